The zero-order valence-corrected chi connectivity index (χ0v) is 20.0. The molecular weight excluding hydrogens is 490 g/mol. The molecule has 2 heterocycles. The van der Waals surface area contributed by atoms with Crippen LogP contribution in [0.3, 0.4) is 0 Å². The van der Waals surface area contributed by atoms with Crippen LogP contribution in [0.4, 0.5) is 23.2 Å². The Kier molecular flexibility index (Phi) is 7.94. The van der Waals surface area contributed by atoms with Gasteiger partial charge in [-0.2, -0.15) is 18.3 Å². The number of alkyl halides is 3. The van der Waals surface area contributed by atoms with Gasteiger partial charge in [-0.05, 0) is 67.3 Å². The van der Waals surface area contributed by atoms with E-state index in [0.29, 0.717) is 18.9 Å². The number of carboxylic acid groups (broad SMARTS) is 1. The standard InChI is InChI=1S/C26H25F4N3O.CH2O2/c27-22-14-20(26(28,29)30)10-11-23(22)32-25(34)19-4-1-3-18(13-19)16-6-8-17(9-7-16)21-15-31-33-12-2-5-24(21)33;2-1-3/h6-11,14-15,18-19H,1-5,12-13H2,(H,32,34);1H,(H,2,3). The topological polar surface area (TPSA) is 84.2 Å². The van der Waals surface area contributed by atoms with Gasteiger partial charge >= 0.3 is 6.18 Å². The third-order valence-corrected chi connectivity index (χ3v) is 7.02. The van der Waals surface area contributed by atoms with Gasteiger partial charge < -0.3 is 10.4 Å². The highest BCUT2D eigenvalue weighted by atomic mass is 19.4. The van der Waals surface area contributed by atoms with Gasteiger partial charge in [0.2, 0.25) is 5.91 Å². The maximum absolute atomic E-state index is 14.2. The van der Waals surface area contributed by atoms with Crippen molar-refractivity contribution in [3.63, 3.8) is 0 Å². The Morgan fingerprint density at radius 2 is 1.84 bits per heavy atom. The lowest BCUT2D eigenvalue weighted by molar-refractivity contribution is -0.137. The van der Waals surface area contributed by atoms with Crippen LogP contribution in [0.2, 0.25) is 0 Å². The van der Waals surface area contributed by atoms with Gasteiger partial charge in [0.15, 0.2) is 0 Å². The van der Waals surface area contributed by atoms with Gasteiger partial charge in [-0.25, -0.2) is 4.39 Å². The Morgan fingerprint density at radius 3 is 2.51 bits per heavy atom. The fraction of sp³-hybridized carbons (Fsp3) is 0.370. The summed E-state index contributed by atoms with van der Waals surface area (Å²) in [4.78, 5) is 21.1. The summed E-state index contributed by atoms with van der Waals surface area (Å²) >= 11 is 0. The molecule has 2 atom stereocenters. The lowest BCUT2D eigenvalue weighted by Crippen LogP contribution is -2.28. The smallest absolute Gasteiger partial charge is 0.416 e. The van der Waals surface area contributed by atoms with E-state index in [-0.39, 0.29) is 29.9 Å². The largest absolute Gasteiger partial charge is 0.483 e. The molecule has 0 spiro atoms. The van der Waals surface area contributed by atoms with Gasteiger partial charge in [0.25, 0.3) is 6.47 Å². The minimum atomic E-state index is -4.63. The van der Waals surface area contributed by atoms with Crippen LogP contribution in [0.25, 0.3) is 11.1 Å². The number of halogens is 4. The molecule has 37 heavy (non-hydrogen) atoms. The van der Waals surface area contributed by atoms with E-state index in [1.54, 1.807) is 0 Å². The molecule has 0 bridgehead atoms. The van der Waals surface area contributed by atoms with Crippen molar-refractivity contribution in [2.24, 2.45) is 5.92 Å². The molecule has 6 nitrogen and oxygen atoms in total. The molecule has 1 saturated carbocycles. The highest BCUT2D eigenvalue weighted by molar-refractivity contribution is 5.92. The van der Waals surface area contributed by atoms with E-state index in [0.717, 1.165) is 55.5 Å². The second kappa shape index (κ2) is 11.1. The van der Waals surface area contributed by atoms with Crippen molar-refractivity contribution in [1.29, 1.82) is 0 Å². The maximum Gasteiger partial charge on any atom is 0.416 e. The number of nitrogens with zero attached hydrogens (tertiary/aromatic N) is 2. The minimum absolute atomic E-state index is 0.203. The number of hydrogen-bond donors (Lipinski definition) is 2. The average molecular weight is 518 g/mol. The summed E-state index contributed by atoms with van der Waals surface area (Å²) in [5.74, 6) is -1.55. The van der Waals surface area contributed by atoms with Crippen LogP contribution in [-0.4, -0.2) is 27.3 Å². The molecule has 2 aliphatic rings. The SMILES string of the molecule is O=C(Nc1ccc(C(F)(F)F)cc1F)C1CCCC(c2ccc(-c3cnn4c3CCC4)cc2)C1.O=CO. The molecule has 1 fully saturated rings. The van der Waals surface area contributed by atoms with Gasteiger partial charge in [-0.3, -0.25) is 14.3 Å². The number of aryl methyl sites for hydroxylation is 1. The summed E-state index contributed by atoms with van der Waals surface area (Å²) in [5, 5.41) is 13.8. The summed E-state index contributed by atoms with van der Waals surface area (Å²) in [7, 11) is 0. The molecule has 1 aliphatic carbocycles. The second-order valence-corrected chi connectivity index (χ2v) is 9.30. The molecule has 2 aromatic carbocycles. The second-order valence-electron chi connectivity index (χ2n) is 9.30. The van der Waals surface area contributed by atoms with Crippen molar-refractivity contribution < 1.29 is 32.3 Å². The van der Waals surface area contributed by atoms with Crippen LogP contribution >= 0.6 is 0 Å². The van der Waals surface area contributed by atoms with Gasteiger partial charge in [-0.15, -0.1) is 0 Å². The molecule has 3 aromatic rings. The number of hydrogen-bond acceptors (Lipinski definition) is 3. The van der Waals surface area contributed by atoms with Crippen LogP contribution in [0.5, 0.6) is 0 Å². The molecule has 2 unspecified atom stereocenters. The molecule has 1 aliphatic heterocycles. The summed E-state index contributed by atoms with van der Waals surface area (Å²) in [6.45, 7) is 0.718. The van der Waals surface area contributed by atoms with E-state index in [4.69, 9.17) is 9.90 Å². The predicted molar refractivity (Wildman–Crippen MR) is 129 cm³/mol. The number of anilines is 1. The summed E-state index contributed by atoms with van der Waals surface area (Å²) < 4.78 is 54.5. The highest BCUT2D eigenvalue weighted by Crippen LogP contribution is 2.38. The Hall–Kier alpha value is -3.69. The zero-order chi connectivity index (χ0) is 26.6. The Balaban J connectivity index is 0.00000102. The third-order valence-electron chi connectivity index (χ3n) is 7.02. The van der Waals surface area contributed by atoms with Crippen LogP contribution in [0, 0.1) is 11.7 Å². The fourth-order valence-corrected chi connectivity index (χ4v) is 5.20. The van der Waals surface area contributed by atoms with Crippen LogP contribution in [0.1, 0.15) is 54.8 Å². The molecule has 1 aromatic heterocycles. The van der Waals surface area contributed by atoms with Gasteiger partial charge in [0, 0.05) is 23.7 Å². The number of amides is 1. The Morgan fingerprint density at radius 1 is 1.11 bits per heavy atom. The van der Waals surface area contributed by atoms with E-state index in [1.165, 1.54) is 11.3 Å². The lowest BCUT2D eigenvalue weighted by Gasteiger charge is -2.29. The zero-order valence-electron chi connectivity index (χ0n) is 20.0. The predicted octanol–water partition coefficient (Wildman–Crippen LogP) is 6.27. The van der Waals surface area contributed by atoms with E-state index >= 15 is 0 Å². The van der Waals surface area contributed by atoms with Crippen molar-refractivity contribution >= 4 is 18.1 Å². The van der Waals surface area contributed by atoms with Crippen LogP contribution < -0.4 is 5.32 Å². The monoisotopic (exact) mass is 517 g/mol. The molecular formula is C27H27F4N3O3. The first-order valence-corrected chi connectivity index (χ1v) is 12.1. The fourth-order valence-electron chi connectivity index (χ4n) is 5.20. The summed E-state index contributed by atoms with van der Waals surface area (Å²) in [5.41, 5.74) is 3.44. The molecule has 0 saturated heterocycles. The van der Waals surface area contributed by atoms with Crippen molar-refractivity contribution in [1.82, 2.24) is 9.78 Å². The molecule has 0 radical (unpaired) electrons. The number of carbonyl (C=O) groups excluding carboxylic acids is 1. The van der Waals surface area contributed by atoms with Crippen molar-refractivity contribution in [3.05, 3.63) is 71.3 Å². The number of carbonyl (C=O) groups is 2. The molecule has 196 valence electrons. The van der Waals surface area contributed by atoms with Crippen LogP contribution in [0.15, 0.2) is 48.7 Å². The normalized spacial score (nSPS) is 18.9. The first-order chi connectivity index (χ1) is 17.7. The van der Waals surface area contributed by atoms with E-state index in [1.807, 2.05) is 6.20 Å². The summed E-state index contributed by atoms with van der Waals surface area (Å²) in [6, 6.07) is 10.6. The summed E-state index contributed by atoms with van der Waals surface area (Å²) in [6.07, 6.45) is 2.56. The molecule has 1 amide bonds. The highest BCUT2D eigenvalue weighted by Gasteiger charge is 2.32. The van der Waals surface area contributed by atoms with E-state index in [9.17, 15) is 22.4 Å². The first kappa shape index (κ1) is 26.4. The third kappa shape index (κ3) is 6.00. The van der Waals surface area contributed by atoms with E-state index < -0.39 is 17.6 Å². The van der Waals surface area contributed by atoms with Gasteiger partial charge in [0.05, 0.1) is 17.4 Å². The quantitative estimate of drug-likeness (QED) is 0.316. The van der Waals surface area contributed by atoms with Crippen LogP contribution in [-0.2, 0) is 28.7 Å². The Bertz CT molecular complexity index is 1250. The van der Waals surface area contributed by atoms with Gasteiger partial charge in [0.1, 0.15) is 5.82 Å². The van der Waals surface area contributed by atoms with Crippen molar-refractivity contribution in [3.8, 4) is 11.1 Å². The Labute approximate surface area is 211 Å². The number of aromatic nitrogens is 2. The number of fused-ring (bicyclic) bond motifs is 1. The maximum atomic E-state index is 14.2. The number of benzene rings is 2. The average Bonchev–Trinajstić information content (AvgIpc) is 3.50. The lowest BCUT2D eigenvalue weighted by atomic mass is 9.77. The number of nitrogens with one attached hydrogen (secondary N) is 1. The van der Waals surface area contributed by atoms with Crippen molar-refractivity contribution in [2.75, 3.05) is 5.32 Å². The van der Waals surface area contributed by atoms with Gasteiger partial charge in [-0.1, -0.05) is 30.7 Å². The minimum Gasteiger partial charge on any atom is -0.483 e. The molecule has 10 heteroatoms. The van der Waals surface area contributed by atoms with Crippen molar-refractivity contribution in [2.45, 2.75) is 57.2 Å². The molecule has 2 N–H and O–H groups in total. The van der Waals surface area contributed by atoms with E-state index in [2.05, 4.69) is 39.4 Å². The first-order valence-electron chi connectivity index (χ1n) is 12.1. The molecule has 5 rings (SSSR count). The number of rotatable bonds is 4.